The zero-order valence-corrected chi connectivity index (χ0v) is 12.1. The molecular formula is C13H25ClN2O2. The van der Waals surface area contributed by atoms with Crippen LogP contribution in [0.15, 0.2) is 0 Å². The Balaban J connectivity index is 0.00000162. The summed E-state index contributed by atoms with van der Waals surface area (Å²) in [5, 5.41) is 0. The fourth-order valence-electron chi connectivity index (χ4n) is 3.53. The van der Waals surface area contributed by atoms with Crippen LogP contribution in [0.4, 0.5) is 0 Å². The van der Waals surface area contributed by atoms with Crippen LogP contribution >= 0.6 is 12.4 Å². The van der Waals surface area contributed by atoms with E-state index in [0.29, 0.717) is 24.6 Å². The van der Waals surface area contributed by atoms with Crippen LogP contribution in [-0.4, -0.2) is 42.6 Å². The van der Waals surface area contributed by atoms with Gasteiger partial charge in [0, 0.05) is 19.2 Å². The van der Waals surface area contributed by atoms with E-state index in [9.17, 15) is 4.79 Å². The molecule has 2 N–H and O–H groups in total. The SMILES string of the molecule is COCC(N)C(=O)N1C(C)CC2CCCCC21.Cl. The van der Waals surface area contributed by atoms with Crippen LogP contribution < -0.4 is 5.73 Å². The molecule has 1 aliphatic carbocycles. The van der Waals surface area contributed by atoms with Gasteiger partial charge in [-0.2, -0.15) is 0 Å². The van der Waals surface area contributed by atoms with Gasteiger partial charge in [0.15, 0.2) is 0 Å². The average molecular weight is 277 g/mol. The summed E-state index contributed by atoms with van der Waals surface area (Å²) in [6, 6.07) is 0.288. The van der Waals surface area contributed by atoms with E-state index in [4.69, 9.17) is 10.5 Å². The lowest BCUT2D eigenvalue weighted by molar-refractivity contribution is -0.137. The predicted octanol–water partition coefficient (Wildman–Crippen LogP) is 1.56. The van der Waals surface area contributed by atoms with Gasteiger partial charge in [0.25, 0.3) is 0 Å². The Bertz CT molecular complexity index is 288. The second kappa shape index (κ2) is 6.73. The lowest BCUT2D eigenvalue weighted by Gasteiger charge is -2.34. The summed E-state index contributed by atoms with van der Waals surface area (Å²) in [4.78, 5) is 14.4. The molecule has 1 amide bonds. The summed E-state index contributed by atoms with van der Waals surface area (Å²) >= 11 is 0. The van der Waals surface area contributed by atoms with E-state index in [-0.39, 0.29) is 18.3 Å². The zero-order valence-electron chi connectivity index (χ0n) is 11.3. The molecule has 2 rings (SSSR count). The Kier molecular flexibility index (Phi) is 5.89. The van der Waals surface area contributed by atoms with Crippen molar-refractivity contribution < 1.29 is 9.53 Å². The fourth-order valence-corrected chi connectivity index (χ4v) is 3.53. The van der Waals surface area contributed by atoms with Crippen LogP contribution in [0.3, 0.4) is 0 Å². The molecule has 2 fully saturated rings. The van der Waals surface area contributed by atoms with E-state index >= 15 is 0 Å². The summed E-state index contributed by atoms with van der Waals surface area (Å²) in [7, 11) is 1.59. The third-order valence-electron chi connectivity index (χ3n) is 4.26. The lowest BCUT2D eigenvalue weighted by Crippen LogP contribution is -2.51. The van der Waals surface area contributed by atoms with Gasteiger partial charge in [-0.1, -0.05) is 12.8 Å². The van der Waals surface area contributed by atoms with Gasteiger partial charge in [-0.3, -0.25) is 4.79 Å². The number of rotatable bonds is 3. The Hall–Kier alpha value is -0.320. The first-order chi connectivity index (χ1) is 8.15. The van der Waals surface area contributed by atoms with E-state index in [1.165, 1.54) is 19.3 Å². The third-order valence-corrected chi connectivity index (χ3v) is 4.26. The van der Waals surface area contributed by atoms with Crippen LogP contribution in [-0.2, 0) is 9.53 Å². The highest BCUT2D eigenvalue weighted by Crippen LogP contribution is 2.39. The minimum atomic E-state index is -0.497. The van der Waals surface area contributed by atoms with Crippen molar-refractivity contribution in [3.63, 3.8) is 0 Å². The number of hydrogen-bond acceptors (Lipinski definition) is 3. The van der Waals surface area contributed by atoms with Gasteiger partial charge >= 0.3 is 0 Å². The molecule has 0 aromatic rings. The minimum Gasteiger partial charge on any atom is -0.383 e. The third kappa shape index (κ3) is 2.98. The van der Waals surface area contributed by atoms with Crippen molar-refractivity contribution in [1.29, 1.82) is 0 Å². The van der Waals surface area contributed by atoms with E-state index in [1.54, 1.807) is 7.11 Å². The van der Waals surface area contributed by atoms with Gasteiger partial charge in [0.2, 0.25) is 5.91 Å². The van der Waals surface area contributed by atoms with Gasteiger partial charge in [-0.25, -0.2) is 0 Å². The number of carbonyl (C=O) groups is 1. The molecule has 106 valence electrons. The van der Waals surface area contributed by atoms with Crippen molar-refractivity contribution in [3.05, 3.63) is 0 Å². The molecule has 1 heterocycles. The van der Waals surface area contributed by atoms with Gasteiger partial charge in [-0.05, 0) is 32.1 Å². The molecule has 0 bridgehead atoms. The van der Waals surface area contributed by atoms with Crippen molar-refractivity contribution in [2.75, 3.05) is 13.7 Å². The standard InChI is InChI=1S/C13H24N2O2.ClH/c1-9-7-10-5-3-4-6-12(10)15(9)13(16)11(14)8-17-2;/h9-12H,3-8,14H2,1-2H3;1H. The lowest BCUT2D eigenvalue weighted by atomic mass is 9.85. The number of carbonyl (C=O) groups excluding carboxylic acids is 1. The smallest absolute Gasteiger partial charge is 0.242 e. The molecule has 1 saturated carbocycles. The largest absolute Gasteiger partial charge is 0.383 e. The maximum absolute atomic E-state index is 12.3. The second-order valence-electron chi connectivity index (χ2n) is 5.50. The molecule has 4 atom stereocenters. The van der Waals surface area contributed by atoms with Crippen LogP contribution in [0.25, 0.3) is 0 Å². The highest BCUT2D eigenvalue weighted by molar-refractivity contribution is 5.85. The van der Waals surface area contributed by atoms with Gasteiger partial charge in [0.05, 0.1) is 6.61 Å². The number of hydrogen-bond donors (Lipinski definition) is 1. The molecule has 0 aromatic carbocycles. The number of fused-ring (bicyclic) bond motifs is 1. The number of nitrogens with two attached hydrogens (primary N) is 1. The molecule has 1 saturated heterocycles. The van der Waals surface area contributed by atoms with Crippen LogP contribution in [0.1, 0.15) is 39.0 Å². The Morgan fingerprint density at radius 3 is 2.78 bits per heavy atom. The Labute approximate surface area is 116 Å². The number of nitrogens with zero attached hydrogens (tertiary/aromatic N) is 1. The zero-order chi connectivity index (χ0) is 12.4. The molecule has 5 heteroatoms. The van der Waals surface area contributed by atoms with Gasteiger partial charge in [-0.15, -0.1) is 12.4 Å². The molecule has 4 nitrogen and oxygen atoms in total. The number of likely N-dealkylation sites (tertiary alicyclic amines) is 1. The Morgan fingerprint density at radius 1 is 1.44 bits per heavy atom. The first kappa shape index (κ1) is 15.7. The summed E-state index contributed by atoms with van der Waals surface area (Å²) in [5.41, 5.74) is 5.88. The van der Waals surface area contributed by atoms with Crippen molar-refractivity contribution in [2.45, 2.75) is 57.2 Å². The van der Waals surface area contributed by atoms with E-state index in [2.05, 4.69) is 6.92 Å². The van der Waals surface area contributed by atoms with Crippen molar-refractivity contribution in [3.8, 4) is 0 Å². The molecule has 0 aromatic heterocycles. The predicted molar refractivity (Wildman–Crippen MR) is 73.8 cm³/mol. The summed E-state index contributed by atoms with van der Waals surface area (Å²) in [6.07, 6.45) is 6.14. The second-order valence-corrected chi connectivity index (χ2v) is 5.50. The summed E-state index contributed by atoms with van der Waals surface area (Å²) in [6.45, 7) is 2.47. The van der Waals surface area contributed by atoms with Crippen molar-refractivity contribution in [1.82, 2.24) is 4.90 Å². The van der Waals surface area contributed by atoms with Crippen molar-refractivity contribution >= 4 is 18.3 Å². The topological polar surface area (TPSA) is 55.6 Å². The number of methoxy groups -OCH3 is 1. The highest BCUT2D eigenvalue weighted by Gasteiger charge is 2.43. The van der Waals surface area contributed by atoms with Gasteiger partial charge < -0.3 is 15.4 Å². The van der Waals surface area contributed by atoms with E-state index < -0.39 is 6.04 Å². The van der Waals surface area contributed by atoms with Crippen LogP contribution in [0.2, 0.25) is 0 Å². The van der Waals surface area contributed by atoms with Crippen molar-refractivity contribution in [2.24, 2.45) is 11.7 Å². The minimum absolute atomic E-state index is 0. The maximum atomic E-state index is 12.3. The quantitative estimate of drug-likeness (QED) is 0.851. The average Bonchev–Trinajstić information content (AvgIpc) is 2.64. The van der Waals surface area contributed by atoms with Gasteiger partial charge in [0.1, 0.15) is 6.04 Å². The molecule has 0 spiro atoms. The fraction of sp³-hybridized carbons (Fsp3) is 0.923. The first-order valence-electron chi connectivity index (χ1n) is 6.71. The van der Waals surface area contributed by atoms with E-state index in [0.717, 1.165) is 12.8 Å². The first-order valence-corrected chi connectivity index (χ1v) is 6.71. The normalized spacial score (nSPS) is 32.6. The van der Waals surface area contributed by atoms with Crippen LogP contribution in [0, 0.1) is 5.92 Å². The van der Waals surface area contributed by atoms with Crippen LogP contribution in [0.5, 0.6) is 0 Å². The maximum Gasteiger partial charge on any atom is 0.242 e. The summed E-state index contributed by atoms with van der Waals surface area (Å²) in [5.74, 6) is 0.784. The Morgan fingerprint density at radius 2 is 2.11 bits per heavy atom. The van der Waals surface area contributed by atoms with E-state index in [1.807, 2.05) is 4.90 Å². The monoisotopic (exact) mass is 276 g/mol. The number of amides is 1. The number of halogens is 1. The summed E-state index contributed by atoms with van der Waals surface area (Å²) < 4.78 is 4.98. The molecule has 4 unspecified atom stereocenters. The molecular weight excluding hydrogens is 252 g/mol. The number of ether oxygens (including phenoxy) is 1. The highest BCUT2D eigenvalue weighted by atomic mass is 35.5. The molecule has 1 aliphatic heterocycles. The molecule has 2 aliphatic rings. The molecule has 18 heavy (non-hydrogen) atoms. The molecule has 0 radical (unpaired) electrons.